The first kappa shape index (κ1) is 7.54. The summed E-state index contributed by atoms with van der Waals surface area (Å²) in [6, 6.07) is 0.315. The lowest BCUT2D eigenvalue weighted by molar-refractivity contribution is -0.124. The fourth-order valence-electron chi connectivity index (χ4n) is 1.42. The van der Waals surface area contributed by atoms with Crippen molar-refractivity contribution in [2.75, 3.05) is 6.54 Å². The number of rotatable bonds is 1. The Morgan fingerprint density at radius 2 is 2.50 bits per heavy atom. The van der Waals surface area contributed by atoms with Crippen LogP contribution in [-0.4, -0.2) is 18.5 Å². The highest BCUT2D eigenvalue weighted by Crippen LogP contribution is 2.14. The van der Waals surface area contributed by atoms with Crippen molar-refractivity contribution >= 4 is 5.91 Å². The van der Waals surface area contributed by atoms with Crippen molar-refractivity contribution in [3.63, 3.8) is 0 Å². The summed E-state index contributed by atoms with van der Waals surface area (Å²) in [5, 5.41) is 2.85. The maximum Gasteiger partial charge on any atom is 0.220 e. The molecule has 3 nitrogen and oxygen atoms in total. The van der Waals surface area contributed by atoms with Crippen molar-refractivity contribution in [2.24, 2.45) is 11.7 Å². The van der Waals surface area contributed by atoms with Crippen molar-refractivity contribution < 1.29 is 4.79 Å². The summed E-state index contributed by atoms with van der Waals surface area (Å²) in [7, 11) is 0. The van der Waals surface area contributed by atoms with Gasteiger partial charge >= 0.3 is 0 Å². The van der Waals surface area contributed by atoms with E-state index >= 15 is 0 Å². The summed E-state index contributed by atoms with van der Waals surface area (Å²) in [6.45, 7) is 2.65. The highest BCUT2D eigenvalue weighted by Gasteiger charge is 2.21. The Morgan fingerprint density at radius 3 is 3.00 bits per heavy atom. The lowest BCUT2D eigenvalue weighted by atomic mass is 9.93. The normalized spacial score (nSPS) is 33.6. The Labute approximate surface area is 61.0 Å². The maximum absolute atomic E-state index is 10.9. The van der Waals surface area contributed by atoms with Crippen molar-refractivity contribution in [3.8, 4) is 0 Å². The first-order valence-corrected chi connectivity index (χ1v) is 3.71. The molecule has 2 atom stereocenters. The SMILES string of the molecule is CC1CC(CN)CC(=O)N1. The number of hydrogen-bond donors (Lipinski definition) is 2. The third kappa shape index (κ3) is 1.70. The first-order chi connectivity index (χ1) is 4.72. The monoisotopic (exact) mass is 142 g/mol. The van der Waals surface area contributed by atoms with Gasteiger partial charge < -0.3 is 11.1 Å². The Hall–Kier alpha value is -0.570. The zero-order chi connectivity index (χ0) is 7.56. The third-order valence-electron chi connectivity index (χ3n) is 1.90. The van der Waals surface area contributed by atoms with Crippen LogP contribution in [0.15, 0.2) is 0 Å². The second-order valence-corrected chi connectivity index (χ2v) is 3.01. The topological polar surface area (TPSA) is 55.1 Å². The molecule has 0 bridgehead atoms. The molecule has 3 N–H and O–H groups in total. The van der Waals surface area contributed by atoms with Gasteiger partial charge in [0.25, 0.3) is 0 Å². The van der Waals surface area contributed by atoms with Gasteiger partial charge in [-0.25, -0.2) is 0 Å². The van der Waals surface area contributed by atoms with Crippen molar-refractivity contribution in [1.29, 1.82) is 0 Å². The van der Waals surface area contributed by atoms with Crippen molar-refractivity contribution in [2.45, 2.75) is 25.8 Å². The lowest BCUT2D eigenvalue weighted by Crippen LogP contribution is -2.42. The van der Waals surface area contributed by atoms with Gasteiger partial charge in [0.05, 0.1) is 0 Å². The smallest absolute Gasteiger partial charge is 0.220 e. The number of carbonyl (C=O) groups is 1. The number of nitrogens with two attached hydrogens (primary N) is 1. The molecule has 2 unspecified atom stereocenters. The van der Waals surface area contributed by atoms with E-state index in [0.717, 1.165) is 6.42 Å². The number of carbonyl (C=O) groups excluding carboxylic acids is 1. The number of amides is 1. The van der Waals surface area contributed by atoms with Gasteiger partial charge in [0.2, 0.25) is 5.91 Å². The molecule has 1 fully saturated rings. The number of nitrogens with one attached hydrogen (secondary N) is 1. The van der Waals surface area contributed by atoms with E-state index in [0.29, 0.717) is 24.9 Å². The zero-order valence-electron chi connectivity index (χ0n) is 6.26. The quantitative estimate of drug-likeness (QED) is 0.535. The Balaban J connectivity index is 2.42. The summed E-state index contributed by atoms with van der Waals surface area (Å²) in [6.07, 6.45) is 1.64. The molecule has 0 spiro atoms. The van der Waals surface area contributed by atoms with Crippen LogP contribution in [0.1, 0.15) is 19.8 Å². The summed E-state index contributed by atoms with van der Waals surface area (Å²) < 4.78 is 0. The van der Waals surface area contributed by atoms with Crippen LogP contribution >= 0.6 is 0 Å². The highest BCUT2D eigenvalue weighted by molar-refractivity contribution is 5.77. The van der Waals surface area contributed by atoms with Gasteiger partial charge in [-0.15, -0.1) is 0 Å². The van der Waals surface area contributed by atoms with Gasteiger partial charge in [-0.05, 0) is 25.8 Å². The predicted molar refractivity (Wildman–Crippen MR) is 39.4 cm³/mol. The predicted octanol–water partition coefficient (Wildman–Crippen LogP) is -0.140. The Bertz CT molecular complexity index is 136. The van der Waals surface area contributed by atoms with E-state index in [1.807, 2.05) is 6.92 Å². The minimum absolute atomic E-state index is 0.147. The minimum Gasteiger partial charge on any atom is -0.354 e. The molecule has 0 aromatic heterocycles. The van der Waals surface area contributed by atoms with Gasteiger partial charge in [0.15, 0.2) is 0 Å². The molecule has 0 saturated carbocycles. The molecule has 1 aliphatic heterocycles. The molecular formula is C7H14N2O. The summed E-state index contributed by atoms with van der Waals surface area (Å²) in [5.74, 6) is 0.554. The molecule has 1 saturated heterocycles. The zero-order valence-corrected chi connectivity index (χ0v) is 6.26. The van der Waals surface area contributed by atoms with Gasteiger partial charge in [-0.1, -0.05) is 0 Å². The average Bonchev–Trinajstić information content (AvgIpc) is 1.85. The van der Waals surface area contributed by atoms with E-state index in [9.17, 15) is 4.79 Å². The van der Waals surface area contributed by atoms with Crippen LogP contribution in [0, 0.1) is 5.92 Å². The minimum atomic E-state index is 0.147. The summed E-state index contributed by atoms with van der Waals surface area (Å²) >= 11 is 0. The lowest BCUT2D eigenvalue weighted by Gasteiger charge is -2.26. The number of piperidine rings is 1. The molecule has 1 heterocycles. The second kappa shape index (κ2) is 3.01. The van der Waals surface area contributed by atoms with Crippen LogP contribution in [0.25, 0.3) is 0 Å². The van der Waals surface area contributed by atoms with Crippen LogP contribution in [0.5, 0.6) is 0 Å². The second-order valence-electron chi connectivity index (χ2n) is 3.01. The average molecular weight is 142 g/mol. The molecule has 1 aliphatic rings. The van der Waals surface area contributed by atoms with Crippen molar-refractivity contribution in [3.05, 3.63) is 0 Å². The van der Waals surface area contributed by atoms with Gasteiger partial charge in [0.1, 0.15) is 0 Å². The molecule has 0 aliphatic carbocycles. The highest BCUT2D eigenvalue weighted by atomic mass is 16.1. The van der Waals surface area contributed by atoms with Crippen LogP contribution in [0.3, 0.4) is 0 Å². The van der Waals surface area contributed by atoms with E-state index in [1.54, 1.807) is 0 Å². The van der Waals surface area contributed by atoms with E-state index in [-0.39, 0.29) is 5.91 Å². The van der Waals surface area contributed by atoms with Crippen LogP contribution in [0.2, 0.25) is 0 Å². The molecule has 3 heteroatoms. The Morgan fingerprint density at radius 1 is 1.80 bits per heavy atom. The molecule has 1 rings (SSSR count). The number of hydrogen-bond acceptors (Lipinski definition) is 2. The standard InChI is InChI=1S/C7H14N2O/c1-5-2-6(4-8)3-7(10)9-5/h5-6H,2-4,8H2,1H3,(H,9,10). The molecule has 10 heavy (non-hydrogen) atoms. The van der Waals surface area contributed by atoms with E-state index in [1.165, 1.54) is 0 Å². The fourth-order valence-corrected chi connectivity index (χ4v) is 1.42. The largest absolute Gasteiger partial charge is 0.354 e. The molecule has 0 radical (unpaired) electrons. The third-order valence-corrected chi connectivity index (χ3v) is 1.90. The fraction of sp³-hybridized carbons (Fsp3) is 0.857. The molecule has 0 aromatic rings. The molecule has 58 valence electrons. The van der Waals surface area contributed by atoms with Crippen molar-refractivity contribution in [1.82, 2.24) is 5.32 Å². The molecular weight excluding hydrogens is 128 g/mol. The van der Waals surface area contributed by atoms with Crippen LogP contribution in [-0.2, 0) is 4.79 Å². The van der Waals surface area contributed by atoms with Gasteiger partial charge in [-0.3, -0.25) is 4.79 Å². The van der Waals surface area contributed by atoms with Crippen LogP contribution in [0.4, 0.5) is 0 Å². The van der Waals surface area contributed by atoms with Gasteiger partial charge in [-0.2, -0.15) is 0 Å². The van der Waals surface area contributed by atoms with E-state index in [4.69, 9.17) is 5.73 Å². The maximum atomic E-state index is 10.9. The molecule has 1 amide bonds. The summed E-state index contributed by atoms with van der Waals surface area (Å²) in [5.41, 5.74) is 5.45. The van der Waals surface area contributed by atoms with E-state index < -0.39 is 0 Å². The Kier molecular flexibility index (Phi) is 2.27. The van der Waals surface area contributed by atoms with Crippen LogP contribution < -0.4 is 11.1 Å². The summed E-state index contributed by atoms with van der Waals surface area (Å²) in [4.78, 5) is 10.9. The first-order valence-electron chi connectivity index (χ1n) is 3.71. The molecule has 0 aromatic carbocycles. The van der Waals surface area contributed by atoms with E-state index in [2.05, 4.69) is 5.32 Å². The van der Waals surface area contributed by atoms with Gasteiger partial charge in [0, 0.05) is 12.5 Å².